The molecule has 3 N–H and O–H groups in total. The van der Waals surface area contributed by atoms with Crippen molar-refractivity contribution in [1.29, 1.82) is 0 Å². The molecule has 0 aliphatic carbocycles. The third kappa shape index (κ3) is 6.54. The first-order valence-electron chi connectivity index (χ1n) is 8.59. The summed E-state index contributed by atoms with van der Waals surface area (Å²) in [7, 11) is 1.56. The summed E-state index contributed by atoms with van der Waals surface area (Å²) in [5.41, 5.74) is 10.1. The fraction of sp³-hybridized carbons (Fsp3) is 0.300. The van der Waals surface area contributed by atoms with Crippen molar-refractivity contribution in [1.82, 2.24) is 5.43 Å². The van der Waals surface area contributed by atoms with Gasteiger partial charge in [-0.2, -0.15) is 5.10 Å². The second-order valence-electron chi connectivity index (χ2n) is 5.96. The lowest BCUT2D eigenvalue weighted by molar-refractivity contribution is 0.239. The molecule has 0 spiro atoms. The minimum absolute atomic E-state index is 0.498. The zero-order valence-electron chi connectivity index (χ0n) is 15.8. The van der Waals surface area contributed by atoms with Gasteiger partial charge in [-0.3, -0.25) is 0 Å². The molecule has 0 saturated carbocycles. The van der Waals surface area contributed by atoms with E-state index in [-0.39, 0.29) is 0 Å². The Morgan fingerprint density at radius 1 is 1.07 bits per heavy atom. The number of nitrogens with zero attached hydrogens (tertiary/aromatic N) is 1. The van der Waals surface area contributed by atoms with E-state index in [2.05, 4.69) is 22.7 Å². The van der Waals surface area contributed by atoms with Crippen molar-refractivity contribution in [3.05, 3.63) is 53.1 Å². The monoisotopic (exact) mass is 371 g/mol. The third-order valence-corrected chi connectivity index (χ3v) is 3.72. The highest BCUT2D eigenvalue weighted by atomic mass is 16.5. The van der Waals surface area contributed by atoms with Gasteiger partial charge in [0.1, 0.15) is 5.75 Å². The maximum atomic E-state index is 10.6. The van der Waals surface area contributed by atoms with Crippen molar-refractivity contribution in [2.45, 2.75) is 20.3 Å². The molecule has 2 amide bonds. The summed E-state index contributed by atoms with van der Waals surface area (Å²) in [4.78, 5) is 10.6. The first-order valence-corrected chi connectivity index (χ1v) is 8.59. The average molecular weight is 371 g/mol. The maximum absolute atomic E-state index is 10.6. The number of primary amides is 1. The van der Waals surface area contributed by atoms with Gasteiger partial charge >= 0.3 is 6.03 Å². The van der Waals surface area contributed by atoms with E-state index in [1.54, 1.807) is 25.3 Å². The fourth-order valence-corrected chi connectivity index (χ4v) is 2.34. The van der Waals surface area contributed by atoms with Crippen LogP contribution >= 0.6 is 0 Å². The van der Waals surface area contributed by atoms with Crippen LogP contribution in [0.2, 0.25) is 0 Å². The highest BCUT2D eigenvalue weighted by Crippen LogP contribution is 2.27. The van der Waals surface area contributed by atoms with Crippen LogP contribution < -0.4 is 25.4 Å². The maximum Gasteiger partial charge on any atom is 0.332 e. The number of urea groups is 1. The fourth-order valence-electron chi connectivity index (χ4n) is 2.34. The predicted molar refractivity (Wildman–Crippen MR) is 105 cm³/mol. The van der Waals surface area contributed by atoms with E-state index in [9.17, 15) is 4.79 Å². The van der Waals surface area contributed by atoms with Crippen LogP contribution in [-0.2, 0) is 0 Å². The Bertz CT molecular complexity index is 806. The lowest BCUT2D eigenvalue weighted by Gasteiger charge is -2.12. The smallest absolute Gasteiger partial charge is 0.332 e. The summed E-state index contributed by atoms with van der Waals surface area (Å²) in [6.07, 6.45) is 2.21. The number of hydrogen-bond acceptors (Lipinski definition) is 5. The lowest BCUT2D eigenvalue weighted by atomic mass is 10.1. The molecule has 0 aliphatic rings. The Hall–Kier alpha value is -3.22. The molecular weight excluding hydrogens is 346 g/mol. The van der Waals surface area contributed by atoms with Crippen LogP contribution in [0, 0.1) is 13.8 Å². The Morgan fingerprint density at radius 2 is 1.81 bits per heavy atom. The van der Waals surface area contributed by atoms with Gasteiger partial charge in [-0.05, 0) is 54.8 Å². The van der Waals surface area contributed by atoms with Gasteiger partial charge in [0.2, 0.25) is 0 Å². The van der Waals surface area contributed by atoms with Gasteiger partial charge in [0.15, 0.2) is 11.5 Å². The quantitative estimate of drug-likeness (QED) is 0.402. The Kier molecular flexibility index (Phi) is 7.49. The number of nitrogens with one attached hydrogen (secondary N) is 1. The molecule has 2 aromatic rings. The van der Waals surface area contributed by atoms with E-state index in [0.717, 1.165) is 23.3 Å². The third-order valence-electron chi connectivity index (χ3n) is 3.72. The van der Waals surface area contributed by atoms with Crippen LogP contribution in [0.1, 0.15) is 23.1 Å². The van der Waals surface area contributed by atoms with E-state index < -0.39 is 6.03 Å². The van der Waals surface area contributed by atoms with Crippen LogP contribution in [0.4, 0.5) is 4.79 Å². The lowest BCUT2D eigenvalue weighted by Crippen LogP contribution is -2.24. The second kappa shape index (κ2) is 10.1. The number of aryl methyl sites for hydroxylation is 2. The normalized spacial score (nSPS) is 10.6. The molecule has 7 nitrogen and oxygen atoms in total. The number of amides is 2. The summed E-state index contributed by atoms with van der Waals surface area (Å²) in [5, 5.41) is 3.71. The molecule has 0 saturated heterocycles. The Morgan fingerprint density at radius 3 is 2.52 bits per heavy atom. The first-order chi connectivity index (χ1) is 13.0. The van der Waals surface area contributed by atoms with Crippen molar-refractivity contribution < 1.29 is 19.0 Å². The van der Waals surface area contributed by atoms with Crippen LogP contribution in [0.5, 0.6) is 17.2 Å². The molecule has 27 heavy (non-hydrogen) atoms. The molecule has 2 aromatic carbocycles. The van der Waals surface area contributed by atoms with Crippen LogP contribution in [0.3, 0.4) is 0 Å². The molecule has 0 radical (unpaired) electrons. The van der Waals surface area contributed by atoms with E-state index in [1.807, 2.05) is 19.9 Å². The van der Waals surface area contributed by atoms with Gasteiger partial charge in [0.05, 0.1) is 26.5 Å². The van der Waals surface area contributed by atoms with E-state index in [0.29, 0.717) is 24.7 Å². The number of hydrazone groups is 1. The van der Waals surface area contributed by atoms with E-state index in [4.69, 9.17) is 19.9 Å². The summed E-state index contributed by atoms with van der Waals surface area (Å²) in [6.45, 7) is 5.13. The van der Waals surface area contributed by atoms with Crippen molar-refractivity contribution in [3.8, 4) is 17.2 Å². The molecule has 0 fully saturated rings. The molecule has 0 aliphatic heterocycles. The number of carbonyl (C=O) groups is 1. The molecular formula is C20H25N3O4. The number of methoxy groups -OCH3 is 1. The summed E-state index contributed by atoms with van der Waals surface area (Å²) in [5.74, 6) is 2.11. The Labute approximate surface area is 159 Å². The van der Waals surface area contributed by atoms with Crippen LogP contribution in [0.25, 0.3) is 0 Å². The Balaban J connectivity index is 1.83. The predicted octanol–water partition coefficient (Wildman–Crippen LogP) is 3.16. The van der Waals surface area contributed by atoms with Crippen molar-refractivity contribution in [2.75, 3.05) is 20.3 Å². The number of carbonyl (C=O) groups excluding carboxylic acids is 1. The van der Waals surface area contributed by atoms with Gasteiger partial charge in [0.25, 0.3) is 0 Å². The number of rotatable bonds is 9. The zero-order chi connectivity index (χ0) is 19.6. The summed E-state index contributed by atoms with van der Waals surface area (Å²) >= 11 is 0. The van der Waals surface area contributed by atoms with E-state index in [1.165, 1.54) is 11.8 Å². The van der Waals surface area contributed by atoms with Gasteiger partial charge in [-0.1, -0.05) is 12.1 Å². The van der Waals surface area contributed by atoms with Crippen molar-refractivity contribution in [2.24, 2.45) is 10.8 Å². The highest BCUT2D eigenvalue weighted by molar-refractivity contribution is 5.82. The number of benzene rings is 2. The SMILES string of the molecule is COc1cc(C=NNC(N)=O)ccc1OCCCOc1cc(C)ccc1C. The molecule has 0 aromatic heterocycles. The van der Waals surface area contributed by atoms with Gasteiger partial charge < -0.3 is 19.9 Å². The minimum atomic E-state index is -0.721. The molecule has 0 unspecified atom stereocenters. The number of nitrogens with two attached hydrogens (primary N) is 1. The highest BCUT2D eigenvalue weighted by Gasteiger charge is 2.06. The minimum Gasteiger partial charge on any atom is -0.493 e. The van der Waals surface area contributed by atoms with Gasteiger partial charge in [-0.25, -0.2) is 10.2 Å². The topological polar surface area (TPSA) is 95.2 Å². The average Bonchev–Trinajstić information content (AvgIpc) is 2.64. The molecule has 0 heterocycles. The molecule has 0 bridgehead atoms. The van der Waals surface area contributed by atoms with Crippen LogP contribution in [0.15, 0.2) is 41.5 Å². The molecule has 0 atom stereocenters. The zero-order valence-corrected chi connectivity index (χ0v) is 15.8. The summed E-state index contributed by atoms with van der Waals surface area (Å²) < 4.78 is 16.9. The molecule has 144 valence electrons. The van der Waals surface area contributed by atoms with Crippen LogP contribution in [-0.4, -0.2) is 32.6 Å². The molecule has 7 heteroatoms. The second-order valence-corrected chi connectivity index (χ2v) is 5.96. The molecule has 2 rings (SSSR count). The van der Waals surface area contributed by atoms with E-state index >= 15 is 0 Å². The number of ether oxygens (including phenoxy) is 3. The summed E-state index contributed by atoms with van der Waals surface area (Å²) in [6, 6.07) is 10.8. The standard InChI is InChI=1S/C20H25N3O4/c1-14-5-6-15(2)18(11-14)27-10-4-9-26-17-8-7-16(12-19(17)25-3)13-22-23-20(21)24/h5-8,11-13H,4,9-10H2,1-3H3,(H3,21,23,24). The van der Waals surface area contributed by atoms with Gasteiger partial charge in [0, 0.05) is 6.42 Å². The van der Waals surface area contributed by atoms with Gasteiger partial charge in [-0.15, -0.1) is 0 Å². The largest absolute Gasteiger partial charge is 0.493 e. The number of hydrogen-bond donors (Lipinski definition) is 2. The first kappa shape index (κ1) is 20.1. The van der Waals surface area contributed by atoms with Crippen molar-refractivity contribution >= 4 is 12.2 Å². The van der Waals surface area contributed by atoms with Crippen molar-refractivity contribution in [3.63, 3.8) is 0 Å².